The fraction of sp³-hybridized carbons (Fsp3) is 0.875. The first-order chi connectivity index (χ1) is 8.74. The molecule has 3 rings (SSSR count). The summed E-state index contributed by atoms with van der Waals surface area (Å²) in [7, 11) is 0. The summed E-state index contributed by atoms with van der Waals surface area (Å²) < 4.78 is 0. The zero-order valence-corrected chi connectivity index (χ0v) is 11.5. The quantitative estimate of drug-likeness (QED) is 0.751. The highest BCUT2D eigenvalue weighted by atomic mass is 16.3. The highest BCUT2D eigenvalue weighted by molar-refractivity contribution is 5.11. The number of hydrogen-bond donors (Lipinski definition) is 2. The first kappa shape index (κ1) is 12.7. The Hall–Kier alpha value is -0.340. The van der Waals surface area contributed by atoms with Crippen LogP contribution in [0, 0.1) is 23.7 Å². The minimum atomic E-state index is -0.0571. The van der Waals surface area contributed by atoms with Crippen molar-refractivity contribution in [3.63, 3.8) is 0 Å². The third-order valence-electron chi connectivity index (χ3n) is 5.54. The van der Waals surface area contributed by atoms with Crippen LogP contribution in [-0.2, 0) is 0 Å². The van der Waals surface area contributed by atoms with Crippen LogP contribution in [0.4, 0.5) is 0 Å². The third kappa shape index (κ3) is 2.50. The van der Waals surface area contributed by atoms with Gasteiger partial charge in [0.25, 0.3) is 0 Å². The Labute approximate surface area is 111 Å². The van der Waals surface area contributed by atoms with Crippen molar-refractivity contribution in [1.82, 2.24) is 5.32 Å². The lowest BCUT2D eigenvalue weighted by Crippen LogP contribution is -2.41. The lowest BCUT2D eigenvalue weighted by molar-refractivity contribution is 0.0668. The summed E-state index contributed by atoms with van der Waals surface area (Å²) in [5.74, 6) is 3.02. The van der Waals surface area contributed by atoms with Crippen LogP contribution in [0.3, 0.4) is 0 Å². The Morgan fingerprint density at radius 2 is 2.06 bits per heavy atom. The van der Waals surface area contributed by atoms with E-state index in [9.17, 15) is 5.11 Å². The number of fused-ring (bicyclic) bond motifs is 2. The predicted molar refractivity (Wildman–Crippen MR) is 74.3 cm³/mol. The van der Waals surface area contributed by atoms with Crippen LogP contribution in [0.15, 0.2) is 12.2 Å². The summed E-state index contributed by atoms with van der Waals surface area (Å²) in [4.78, 5) is 0. The Morgan fingerprint density at radius 3 is 2.72 bits per heavy atom. The number of aliphatic hydroxyl groups is 1. The van der Waals surface area contributed by atoms with Crippen molar-refractivity contribution in [3.05, 3.63) is 12.2 Å². The molecule has 0 saturated heterocycles. The average Bonchev–Trinajstić information content (AvgIpc) is 2.99. The first-order valence-electron chi connectivity index (χ1n) is 7.84. The van der Waals surface area contributed by atoms with E-state index < -0.39 is 0 Å². The first-order valence-corrected chi connectivity index (χ1v) is 7.84. The van der Waals surface area contributed by atoms with Gasteiger partial charge in [0.1, 0.15) is 0 Å². The topological polar surface area (TPSA) is 32.3 Å². The molecule has 2 fully saturated rings. The molecule has 0 aromatic rings. The molecule has 102 valence electrons. The van der Waals surface area contributed by atoms with Gasteiger partial charge < -0.3 is 10.4 Å². The number of rotatable bonds is 4. The fourth-order valence-corrected chi connectivity index (χ4v) is 4.31. The molecule has 0 aromatic heterocycles. The van der Waals surface area contributed by atoms with Crippen LogP contribution in [0.2, 0.25) is 0 Å². The van der Waals surface area contributed by atoms with Crippen LogP contribution in [0.5, 0.6) is 0 Å². The van der Waals surface area contributed by atoms with Crippen molar-refractivity contribution in [2.45, 2.75) is 57.6 Å². The Kier molecular flexibility index (Phi) is 3.76. The maximum atomic E-state index is 10.0. The standard InChI is InChI=1S/C16H27NO/c1-11(15-9-12-6-7-13(15)8-12)17-10-14-4-2-3-5-16(14)18/h6-7,11-18H,2-5,8-10H2,1H3. The average molecular weight is 249 g/mol. The van der Waals surface area contributed by atoms with E-state index in [0.29, 0.717) is 12.0 Å². The molecule has 0 amide bonds. The molecule has 18 heavy (non-hydrogen) atoms. The summed E-state index contributed by atoms with van der Waals surface area (Å²) in [6.45, 7) is 3.36. The maximum absolute atomic E-state index is 10.0. The number of aliphatic hydroxyl groups excluding tert-OH is 1. The second-order valence-electron chi connectivity index (χ2n) is 6.75. The smallest absolute Gasteiger partial charge is 0.0580 e. The molecular weight excluding hydrogens is 222 g/mol. The Morgan fingerprint density at radius 1 is 1.22 bits per heavy atom. The van der Waals surface area contributed by atoms with Crippen LogP contribution in [0.25, 0.3) is 0 Å². The van der Waals surface area contributed by atoms with Crippen molar-refractivity contribution in [2.24, 2.45) is 23.7 Å². The molecule has 2 N–H and O–H groups in total. The highest BCUT2D eigenvalue weighted by Crippen LogP contribution is 2.44. The summed E-state index contributed by atoms with van der Waals surface area (Å²) in [5, 5.41) is 13.7. The van der Waals surface area contributed by atoms with E-state index in [-0.39, 0.29) is 6.10 Å². The number of hydrogen-bond acceptors (Lipinski definition) is 2. The van der Waals surface area contributed by atoms with Gasteiger partial charge in [-0.25, -0.2) is 0 Å². The normalized spacial score (nSPS) is 44.4. The molecule has 6 atom stereocenters. The summed E-state index contributed by atoms with van der Waals surface area (Å²) in [6, 6.07) is 0.610. The second kappa shape index (κ2) is 5.34. The minimum Gasteiger partial charge on any atom is -0.393 e. The molecule has 6 unspecified atom stereocenters. The SMILES string of the molecule is CC(NCC1CCCCC1O)C1CC2C=CC1C2. The number of nitrogens with one attached hydrogen (secondary N) is 1. The highest BCUT2D eigenvalue weighted by Gasteiger charge is 2.38. The van der Waals surface area contributed by atoms with E-state index in [1.807, 2.05) is 0 Å². The second-order valence-corrected chi connectivity index (χ2v) is 6.75. The molecule has 0 aromatic carbocycles. The van der Waals surface area contributed by atoms with Crippen molar-refractivity contribution in [2.75, 3.05) is 6.54 Å². The molecule has 3 aliphatic carbocycles. The van der Waals surface area contributed by atoms with Crippen molar-refractivity contribution in [1.29, 1.82) is 0 Å². The van der Waals surface area contributed by atoms with E-state index in [2.05, 4.69) is 24.4 Å². The zero-order valence-electron chi connectivity index (χ0n) is 11.5. The molecule has 2 nitrogen and oxygen atoms in total. The summed E-state index contributed by atoms with van der Waals surface area (Å²) in [5.41, 5.74) is 0. The van der Waals surface area contributed by atoms with Gasteiger partial charge in [-0.3, -0.25) is 0 Å². The van der Waals surface area contributed by atoms with Gasteiger partial charge in [0.05, 0.1) is 6.10 Å². The van der Waals surface area contributed by atoms with E-state index in [0.717, 1.165) is 30.7 Å². The van der Waals surface area contributed by atoms with Crippen LogP contribution < -0.4 is 5.32 Å². The van der Waals surface area contributed by atoms with Crippen LogP contribution >= 0.6 is 0 Å². The Bertz CT molecular complexity index is 314. The summed E-state index contributed by atoms with van der Waals surface area (Å²) in [6.07, 6.45) is 12.3. The van der Waals surface area contributed by atoms with E-state index >= 15 is 0 Å². The van der Waals surface area contributed by atoms with Gasteiger partial charge in [-0.1, -0.05) is 25.0 Å². The van der Waals surface area contributed by atoms with Gasteiger partial charge in [0.15, 0.2) is 0 Å². The Balaban J connectivity index is 1.46. The molecule has 2 bridgehead atoms. The van der Waals surface area contributed by atoms with Crippen molar-refractivity contribution in [3.8, 4) is 0 Å². The molecule has 0 spiro atoms. The van der Waals surface area contributed by atoms with Crippen molar-refractivity contribution >= 4 is 0 Å². The van der Waals surface area contributed by atoms with E-state index in [1.54, 1.807) is 0 Å². The minimum absolute atomic E-state index is 0.0571. The van der Waals surface area contributed by atoms with Gasteiger partial charge >= 0.3 is 0 Å². The van der Waals surface area contributed by atoms with Gasteiger partial charge in [-0.2, -0.15) is 0 Å². The third-order valence-corrected chi connectivity index (χ3v) is 5.54. The zero-order chi connectivity index (χ0) is 12.5. The van der Waals surface area contributed by atoms with Gasteiger partial charge in [-0.15, -0.1) is 0 Å². The predicted octanol–water partition coefficient (Wildman–Crippen LogP) is 2.73. The molecular formula is C16H27NO. The molecule has 2 heteroatoms. The fourth-order valence-electron chi connectivity index (χ4n) is 4.31. The van der Waals surface area contributed by atoms with E-state index in [4.69, 9.17) is 0 Å². The molecule has 0 heterocycles. The molecule has 0 aliphatic heterocycles. The largest absolute Gasteiger partial charge is 0.393 e. The van der Waals surface area contributed by atoms with Crippen LogP contribution in [-0.4, -0.2) is 23.8 Å². The lowest BCUT2D eigenvalue weighted by Gasteiger charge is -2.32. The van der Waals surface area contributed by atoms with Crippen LogP contribution in [0.1, 0.15) is 45.4 Å². The number of allylic oxidation sites excluding steroid dienone is 2. The summed E-state index contributed by atoms with van der Waals surface area (Å²) >= 11 is 0. The van der Waals surface area contributed by atoms with Crippen molar-refractivity contribution < 1.29 is 5.11 Å². The van der Waals surface area contributed by atoms with E-state index in [1.165, 1.54) is 32.1 Å². The van der Waals surface area contributed by atoms with Gasteiger partial charge in [-0.05, 0) is 56.3 Å². The van der Waals surface area contributed by atoms with Gasteiger partial charge in [0, 0.05) is 12.6 Å². The molecule has 2 saturated carbocycles. The van der Waals surface area contributed by atoms with Gasteiger partial charge in [0.2, 0.25) is 0 Å². The lowest BCUT2D eigenvalue weighted by atomic mass is 9.84. The molecule has 0 radical (unpaired) electrons. The molecule has 3 aliphatic rings. The maximum Gasteiger partial charge on any atom is 0.0580 e. The monoisotopic (exact) mass is 249 g/mol.